The van der Waals surface area contributed by atoms with Crippen molar-refractivity contribution in [1.29, 1.82) is 0 Å². The maximum atomic E-state index is 9.55. The van der Waals surface area contributed by atoms with E-state index in [2.05, 4.69) is 13.2 Å². The molecule has 0 aromatic rings. The van der Waals surface area contributed by atoms with Gasteiger partial charge in [-0.15, -0.1) is 0 Å². The Balaban J connectivity index is 3.73. The van der Waals surface area contributed by atoms with E-state index in [4.69, 9.17) is 5.11 Å². The van der Waals surface area contributed by atoms with Gasteiger partial charge in [-0.1, -0.05) is 13.8 Å². The molecule has 0 fully saturated rings. The van der Waals surface area contributed by atoms with Crippen LogP contribution in [0.4, 0.5) is 0 Å². The van der Waals surface area contributed by atoms with Crippen LogP contribution in [0.25, 0.3) is 0 Å². The van der Waals surface area contributed by atoms with E-state index >= 15 is 0 Å². The average Bonchev–Trinajstić information content (AvgIpc) is 2.04. The Morgan fingerprint density at radius 1 is 1.33 bits per heavy atom. The van der Waals surface area contributed by atoms with Gasteiger partial charge < -0.3 is 10.2 Å². The predicted octanol–water partition coefficient (Wildman–Crippen LogP) is 1.36. The van der Waals surface area contributed by atoms with Gasteiger partial charge in [-0.05, 0) is 30.3 Å². The molecule has 0 amide bonds. The predicted molar refractivity (Wildman–Crippen MR) is 54.4 cm³/mol. The lowest BCUT2D eigenvalue weighted by Gasteiger charge is -2.23. The lowest BCUT2D eigenvalue weighted by molar-refractivity contribution is 0.0671. The molecule has 2 N–H and O–H groups in total. The lowest BCUT2D eigenvalue weighted by atomic mass is 9.91. The van der Waals surface area contributed by atoms with Crippen molar-refractivity contribution in [2.24, 2.45) is 11.8 Å². The van der Waals surface area contributed by atoms with Crippen LogP contribution < -0.4 is 0 Å². The first kappa shape index (κ1) is 12.3. The summed E-state index contributed by atoms with van der Waals surface area (Å²) < 4.78 is 0. The summed E-state index contributed by atoms with van der Waals surface area (Å²) in [7, 11) is 0. The number of aliphatic hydroxyl groups excluding tert-OH is 2. The molecule has 0 heterocycles. The Kier molecular flexibility index (Phi) is 6.90. The summed E-state index contributed by atoms with van der Waals surface area (Å²) in [5.41, 5.74) is 0. The normalized spacial score (nSPS) is 18.8. The second-order valence-corrected chi connectivity index (χ2v) is 4.28. The first-order valence-corrected chi connectivity index (χ1v) is 5.80. The van der Waals surface area contributed by atoms with Gasteiger partial charge in [-0.2, -0.15) is 11.8 Å². The SMILES string of the molecule is CSC[C@@H](C)C(C)[C@H](O)CCO. The second-order valence-electron chi connectivity index (χ2n) is 3.37. The van der Waals surface area contributed by atoms with E-state index in [1.54, 1.807) is 11.8 Å². The van der Waals surface area contributed by atoms with Gasteiger partial charge in [0.2, 0.25) is 0 Å². The highest BCUT2D eigenvalue weighted by Crippen LogP contribution is 2.20. The number of hydrogen-bond donors (Lipinski definition) is 2. The minimum Gasteiger partial charge on any atom is -0.396 e. The fraction of sp³-hybridized carbons (Fsp3) is 1.00. The summed E-state index contributed by atoms with van der Waals surface area (Å²) in [6, 6.07) is 0. The number of thioether (sulfide) groups is 1. The maximum Gasteiger partial charge on any atom is 0.0590 e. The van der Waals surface area contributed by atoms with Gasteiger partial charge in [0.05, 0.1) is 6.10 Å². The Bertz CT molecular complexity index is 96.7. The molecule has 12 heavy (non-hydrogen) atoms. The van der Waals surface area contributed by atoms with Crippen LogP contribution in [0.1, 0.15) is 20.3 Å². The summed E-state index contributed by atoms with van der Waals surface area (Å²) in [4.78, 5) is 0. The van der Waals surface area contributed by atoms with E-state index in [9.17, 15) is 5.11 Å². The number of aliphatic hydroxyl groups is 2. The molecule has 3 heteroatoms. The zero-order valence-corrected chi connectivity index (χ0v) is 8.97. The van der Waals surface area contributed by atoms with Crippen LogP contribution in [-0.2, 0) is 0 Å². The van der Waals surface area contributed by atoms with E-state index in [1.807, 2.05) is 6.92 Å². The molecule has 0 saturated heterocycles. The fourth-order valence-electron chi connectivity index (χ4n) is 1.19. The van der Waals surface area contributed by atoms with Crippen molar-refractivity contribution in [1.82, 2.24) is 0 Å². The molecule has 1 unspecified atom stereocenters. The Labute approximate surface area is 79.4 Å². The van der Waals surface area contributed by atoms with Crippen LogP contribution in [0.3, 0.4) is 0 Å². The van der Waals surface area contributed by atoms with Crippen LogP contribution in [0.5, 0.6) is 0 Å². The third-order valence-corrected chi connectivity index (χ3v) is 3.22. The van der Waals surface area contributed by atoms with Crippen molar-refractivity contribution in [3.8, 4) is 0 Å². The van der Waals surface area contributed by atoms with Crippen molar-refractivity contribution in [3.63, 3.8) is 0 Å². The number of rotatable bonds is 6. The molecule has 0 spiro atoms. The molecule has 0 aliphatic carbocycles. The Morgan fingerprint density at radius 3 is 2.33 bits per heavy atom. The van der Waals surface area contributed by atoms with Crippen LogP contribution in [0.15, 0.2) is 0 Å². The molecule has 0 radical (unpaired) electrons. The third-order valence-electron chi connectivity index (χ3n) is 2.36. The molecule has 0 aromatic carbocycles. The van der Waals surface area contributed by atoms with Gasteiger partial charge in [-0.3, -0.25) is 0 Å². The highest BCUT2D eigenvalue weighted by Gasteiger charge is 2.19. The van der Waals surface area contributed by atoms with Gasteiger partial charge in [0.15, 0.2) is 0 Å². The van der Waals surface area contributed by atoms with Gasteiger partial charge in [0.25, 0.3) is 0 Å². The van der Waals surface area contributed by atoms with Crippen LogP contribution in [0, 0.1) is 11.8 Å². The van der Waals surface area contributed by atoms with Gasteiger partial charge in [0, 0.05) is 6.61 Å². The summed E-state index contributed by atoms with van der Waals surface area (Å²) in [5, 5.41) is 18.2. The maximum absolute atomic E-state index is 9.55. The molecule has 74 valence electrons. The van der Waals surface area contributed by atoms with Crippen molar-refractivity contribution in [2.45, 2.75) is 26.4 Å². The van der Waals surface area contributed by atoms with Crippen molar-refractivity contribution < 1.29 is 10.2 Å². The largest absolute Gasteiger partial charge is 0.396 e. The van der Waals surface area contributed by atoms with Crippen LogP contribution in [0.2, 0.25) is 0 Å². The zero-order chi connectivity index (χ0) is 9.56. The zero-order valence-electron chi connectivity index (χ0n) is 8.16. The molecule has 0 aliphatic rings. The standard InChI is InChI=1S/C9H20O2S/c1-7(6-12-3)8(2)9(11)4-5-10/h7-11H,4-6H2,1-3H3/t7-,8?,9-/m1/s1. The first-order valence-electron chi connectivity index (χ1n) is 4.41. The highest BCUT2D eigenvalue weighted by molar-refractivity contribution is 7.98. The lowest BCUT2D eigenvalue weighted by Crippen LogP contribution is -2.26. The molecular formula is C9H20O2S. The third kappa shape index (κ3) is 4.33. The smallest absolute Gasteiger partial charge is 0.0590 e. The monoisotopic (exact) mass is 192 g/mol. The number of hydrogen-bond acceptors (Lipinski definition) is 3. The molecule has 0 rings (SSSR count). The van der Waals surface area contributed by atoms with Crippen molar-refractivity contribution >= 4 is 11.8 Å². The fourth-order valence-corrected chi connectivity index (χ4v) is 2.02. The summed E-state index contributed by atoms with van der Waals surface area (Å²) >= 11 is 1.80. The molecule has 0 aromatic heterocycles. The van der Waals surface area contributed by atoms with Crippen LogP contribution in [-0.4, -0.2) is 34.9 Å². The summed E-state index contributed by atoms with van der Waals surface area (Å²) in [6.07, 6.45) is 2.22. The molecule has 2 nitrogen and oxygen atoms in total. The van der Waals surface area contributed by atoms with E-state index in [0.717, 1.165) is 5.75 Å². The quantitative estimate of drug-likeness (QED) is 0.667. The van der Waals surface area contributed by atoms with E-state index in [0.29, 0.717) is 12.3 Å². The topological polar surface area (TPSA) is 40.5 Å². The van der Waals surface area contributed by atoms with Crippen LogP contribution >= 0.6 is 11.8 Å². The molecule has 0 saturated carbocycles. The molecule has 3 atom stereocenters. The molecule has 0 bridgehead atoms. The Hall–Kier alpha value is 0.270. The van der Waals surface area contributed by atoms with Crippen molar-refractivity contribution in [3.05, 3.63) is 0 Å². The Morgan fingerprint density at radius 2 is 1.92 bits per heavy atom. The molecular weight excluding hydrogens is 172 g/mol. The highest BCUT2D eigenvalue weighted by atomic mass is 32.2. The van der Waals surface area contributed by atoms with E-state index in [-0.39, 0.29) is 18.6 Å². The minimum atomic E-state index is -0.350. The molecule has 0 aliphatic heterocycles. The van der Waals surface area contributed by atoms with E-state index in [1.165, 1.54) is 0 Å². The summed E-state index contributed by atoms with van der Waals surface area (Å²) in [6.45, 7) is 4.26. The summed E-state index contributed by atoms with van der Waals surface area (Å²) in [5.74, 6) is 1.87. The minimum absolute atomic E-state index is 0.0808. The van der Waals surface area contributed by atoms with E-state index < -0.39 is 0 Å². The van der Waals surface area contributed by atoms with Gasteiger partial charge in [0.1, 0.15) is 0 Å². The average molecular weight is 192 g/mol. The van der Waals surface area contributed by atoms with Crippen molar-refractivity contribution in [2.75, 3.05) is 18.6 Å². The van der Waals surface area contributed by atoms with Gasteiger partial charge >= 0.3 is 0 Å². The first-order chi connectivity index (χ1) is 5.63. The van der Waals surface area contributed by atoms with Gasteiger partial charge in [-0.25, -0.2) is 0 Å². The second kappa shape index (κ2) is 6.75.